The highest BCUT2D eigenvalue weighted by Crippen LogP contribution is 2.30. The van der Waals surface area contributed by atoms with Crippen LogP contribution in [0, 0.1) is 0 Å². The van der Waals surface area contributed by atoms with Crippen molar-refractivity contribution in [2.45, 2.75) is 44.1 Å². The fraction of sp³-hybridized carbons (Fsp3) is 0.600. The summed E-state index contributed by atoms with van der Waals surface area (Å²) in [6.07, 6.45) is 5.10. The molecule has 6 heteroatoms. The Labute approximate surface area is 155 Å². The van der Waals surface area contributed by atoms with Crippen LogP contribution in [0.25, 0.3) is 0 Å². The molecule has 2 aliphatic rings. The van der Waals surface area contributed by atoms with E-state index in [4.69, 9.17) is 0 Å². The molecule has 2 heterocycles. The summed E-state index contributed by atoms with van der Waals surface area (Å²) in [6, 6.07) is 7.82. The third-order valence-corrected chi connectivity index (χ3v) is 5.84. The van der Waals surface area contributed by atoms with Crippen molar-refractivity contribution in [1.82, 2.24) is 15.1 Å². The van der Waals surface area contributed by atoms with E-state index in [0.717, 1.165) is 37.9 Å². The molecule has 0 radical (unpaired) electrons. The summed E-state index contributed by atoms with van der Waals surface area (Å²) in [4.78, 5) is 28.0. The minimum absolute atomic E-state index is 0.00983. The molecule has 0 aromatic heterocycles. The third-order valence-electron chi connectivity index (χ3n) is 5.84. The number of hydrogen-bond donors (Lipinski definition) is 2. The average molecular weight is 359 g/mol. The zero-order valence-corrected chi connectivity index (χ0v) is 15.5. The summed E-state index contributed by atoms with van der Waals surface area (Å²) in [5, 5.41) is 12.4. The van der Waals surface area contributed by atoms with Gasteiger partial charge in [-0.1, -0.05) is 18.2 Å². The molecular weight excluding hydrogens is 330 g/mol. The van der Waals surface area contributed by atoms with E-state index in [-0.39, 0.29) is 11.9 Å². The van der Waals surface area contributed by atoms with Crippen molar-refractivity contribution in [3.05, 3.63) is 35.4 Å². The van der Waals surface area contributed by atoms with Crippen molar-refractivity contribution < 1.29 is 14.7 Å². The first-order valence-electron chi connectivity index (χ1n) is 9.61. The van der Waals surface area contributed by atoms with Gasteiger partial charge in [0.1, 0.15) is 0 Å². The van der Waals surface area contributed by atoms with E-state index >= 15 is 0 Å². The van der Waals surface area contributed by atoms with Gasteiger partial charge in [-0.3, -0.25) is 0 Å². The minimum Gasteiger partial charge on any atom is -0.478 e. The Balaban J connectivity index is 1.46. The summed E-state index contributed by atoms with van der Waals surface area (Å²) in [5.41, 5.74) is 1.28. The summed E-state index contributed by atoms with van der Waals surface area (Å²) < 4.78 is 0. The molecule has 0 saturated carbocycles. The van der Waals surface area contributed by atoms with Gasteiger partial charge in [-0.05, 0) is 63.2 Å². The number of amides is 2. The molecule has 0 aliphatic carbocycles. The molecule has 2 saturated heterocycles. The normalized spacial score (nSPS) is 21.7. The Morgan fingerprint density at radius 1 is 1.15 bits per heavy atom. The van der Waals surface area contributed by atoms with Crippen molar-refractivity contribution in [2.75, 3.05) is 33.2 Å². The second-order valence-electron chi connectivity index (χ2n) is 7.45. The third kappa shape index (κ3) is 4.36. The number of carboxylic acid groups (broad SMARTS) is 1. The van der Waals surface area contributed by atoms with Crippen molar-refractivity contribution in [3.63, 3.8) is 0 Å². The average Bonchev–Trinajstić information content (AvgIpc) is 3.06. The molecule has 1 unspecified atom stereocenters. The van der Waals surface area contributed by atoms with E-state index in [9.17, 15) is 14.7 Å². The van der Waals surface area contributed by atoms with Gasteiger partial charge in [0, 0.05) is 25.7 Å². The lowest BCUT2D eigenvalue weighted by molar-refractivity contribution is 0.0694. The lowest BCUT2D eigenvalue weighted by Crippen LogP contribution is -2.45. The van der Waals surface area contributed by atoms with Crippen LogP contribution < -0.4 is 5.32 Å². The topological polar surface area (TPSA) is 72.9 Å². The summed E-state index contributed by atoms with van der Waals surface area (Å²) >= 11 is 0. The molecule has 2 aliphatic heterocycles. The molecular formula is C20H29N3O3. The van der Waals surface area contributed by atoms with Crippen molar-refractivity contribution >= 4 is 12.0 Å². The van der Waals surface area contributed by atoms with Gasteiger partial charge in [0.2, 0.25) is 0 Å². The first-order chi connectivity index (χ1) is 12.6. The number of benzene rings is 1. The highest BCUT2D eigenvalue weighted by atomic mass is 16.4. The van der Waals surface area contributed by atoms with Crippen LogP contribution in [0.1, 0.15) is 53.9 Å². The molecule has 2 amide bonds. The molecule has 2 fully saturated rings. The van der Waals surface area contributed by atoms with Crippen LogP contribution in [0.15, 0.2) is 24.3 Å². The lowest BCUT2D eigenvalue weighted by Gasteiger charge is -2.33. The van der Waals surface area contributed by atoms with E-state index in [1.54, 1.807) is 12.1 Å². The molecule has 142 valence electrons. The number of carbonyl (C=O) groups is 2. The summed E-state index contributed by atoms with van der Waals surface area (Å²) in [6.45, 7) is 3.22. The molecule has 3 rings (SSSR count). The monoisotopic (exact) mass is 359 g/mol. The van der Waals surface area contributed by atoms with E-state index in [0.29, 0.717) is 24.7 Å². The maximum atomic E-state index is 12.4. The number of rotatable bonds is 5. The van der Waals surface area contributed by atoms with Crippen LogP contribution in [0.5, 0.6) is 0 Å². The molecule has 2 N–H and O–H groups in total. The number of likely N-dealkylation sites (tertiary alicyclic amines) is 2. The second-order valence-corrected chi connectivity index (χ2v) is 7.45. The molecule has 1 aromatic carbocycles. The Morgan fingerprint density at radius 2 is 1.88 bits per heavy atom. The first kappa shape index (κ1) is 18.7. The van der Waals surface area contributed by atoms with Gasteiger partial charge in [0.25, 0.3) is 0 Å². The zero-order valence-electron chi connectivity index (χ0n) is 15.5. The van der Waals surface area contributed by atoms with Crippen LogP contribution in [0.2, 0.25) is 0 Å². The Kier molecular flexibility index (Phi) is 6.14. The van der Waals surface area contributed by atoms with Crippen LogP contribution in [-0.2, 0) is 0 Å². The smallest absolute Gasteiger partial charge is 0.335 e. The van der Waals surface area contributed by atoms with Crippen LogP contribution >= 0.6 is 0 Å². The SMILES string of the molecule is CN1CCCC1CCNC(=O)N1CCC(c2ccccc2C(=O)O)CC1. The Bertz CT molecular complexity index is 641. The molecule has 26 heavy (non-hydrogen) atoms. The zero-order chi connectivity index (χ0) is 18.5. The van der Waals surface area contributed by atoms with E-state index in [2.05, 4.69) is 17.3 Å². The highest BCUT2D eigenvalue weighted by molar-refractivity contribution is 5.89. The Hall–Kier alpha value is -2.08. The standard InChI is InChI=1S/C20H29N3O3/c1-22-12-4-5-16(22)8-11-21-20(26)23-13-9-15(10-14-23)17-6-2-3-7-18(17)19(24)25/h2-3,6-7,15-16H,4-5,8-14H2,1H3,(H,21,26)(H,24,25). The Morgan fingerprint density at radius 3 is 2.54 bits per heavy atom. The predicted molar refractivity (Wildman–Crippen MR) is 101 cm³/mol. The van der Waals surface area contributed by atoms with Gasteiger partial charge in [-0.15, -0.1) is 0 Å². The maximum Gasteiger partial charge on any atom is 0.335 e. The molecule has 0 spiro atoms. The largest absolute Gasteiger partial charge is 0.478 e. The summed E-state index contributed by atoms with van der Waals surface area (Å²) in [7, 11) is 2.15. The van der Waals surface area contributed by atoms with Gasteiger partial charge in [-0.25, -0.2) is 9.59 Å². The molecule has 1 aromatic rings. The van der Waals surface area contributed by atoms with Crippen molar-refractivity contribution in [3.8, 4) is 0 Å². The highest BCUT2D eigenvalue weighted by Gasteiger charge is 2.26. The lowest BCUT2D eigenvalue weighted by atomic mass is 9.86. The van der Waals surface area contributed by atoms with Gasteiger partial charge in [0.05, 0.1) is 5.56 Å². The summed E-state index contributed by atoms with van der Waals surface area (Å²) in [5.74, 6) is -0.670. The van der Waals surface area contributed by atoms with Crippen LogP contribution in [-0.4, -0.2) is 66.2 Å². The van der Waals surface area contributed by atoms with E-state index < -0.39 is 5.97 Å². The van der Waals surface area contributed by atoms with Gasteiger partial charge in [-0.2, -0.15) is 0 Å². The predicted octanol–water partition coefficient (Wildman–Crippen LogP) is 2.76. The minimum atomic E-state index is -0.877. The van der Waals surface area contributed by atoms with Crippen LogP contribution in [0.4, 0.5) is 4.79 Å². The molecule has 6 nitrogen and oxygen atoms in total. The number of carbonyl (C=O) groups excluding carboxylic acids is 1. The van der Waals surface area contributed by atoms with E-state index in [1.807, 2.05) is 17.0 Å². The number of piperidine rings is 1. The number of nitrogens with one attached hydrogen (secondary N) is 1. The number of hydrogen-bond acceptors (Lipinski definition) is 3. The number of nitrogens with zero attached hydrogens (tertiary/aromatic N) is 2. The van der Waals surface area contributed by atoms with Gasteiger partial charge in [0.15, 0.2) is 0 Å². The number of carboxylic acids is 1. The van der Waals surface area contributed by atoms with Gasteiger partial charge < -0.3 is 20.2 Å². The quantitative estimate of drug-likeness (QED) is 0.848. The first-order valence-corrected chi connectivity index (χ1v) is 9.61. The van der Waals surface area contributed by atoms with Crippen molar-refractivity contribution in [1.29, 1.82) is 0 Å². The van der Waals surface area contributed by atoms with Crippen LogP contribution in [0.3, 0.4) is 0 Å². The second kappa shape index (κ2) is 8.54. The van der Waals surface area contributed by atoms with E-state index in [1.165, 1.54) is 12.8 Å². The maximum absolute atomic E-state index is 12.4. The van der Waals surface area contributed by atoms with Gasteiger partial charge >= 0.3 is 12.0 Å². The molecule has 1 atom stereocenters. The number of urea groups is 1. The molecule has 0 bridgehead atoms. The fourth-order valence-electron chi connectivity index (χ4n) is 4.24. The number of aromatic carboxylic acids is 1. The fourth-order valence-corrected chi connectivity index (χ4v) is 4.24. The van der Waals surface area contributed by atoms with Crippen molar-refractivity contribution in [2.24, 2.45) is 0 Å².